The number of benzene rings is 1. The van der Waals surface area contributed by atoms with Gasteiger partial charge in [0.25, 0.3) is 0 Å². The number of hydrogen-bond donors (Lipinski definition) is 1. The first kappa shape index (κ1) is 12.7. The summed E-state index contributed by atoms with van der Waals surface area (Å²) < 4.78 is 2.25. The minimum absolute atomic E-state index is 0.587. The Labute approximate surface area is 115 Å². The normalized spacial score (nSPS) is 18.8. The van der Waals surface area contributed by atoms with Crippen molar-refractivity contribution >= 4 is 10.9 Å². The van der Waals surface area contributed by atoms with E-state index < -0.39 is 0 Å². The second-order valence-electron chi connectivity index (χ2n) is 5.66. The van der Waals surface area contributed by atoms with E-state index in [0.29, 0.717) is 5.92 Å². The van der Waals surface area contributed by atoms with Crippen LogP contribution < -0.4 is 5.32 Å². The van der Waals surface area contributed by atoms with Gasteiger partial charge in [-0.3, -0.25) is 0 Å². The third kappa shape index (κ3) is 2.53. The molecule has 1 fully saturated rings. The molecule has 1 aliphatic heterocycles. The van der Waals surface area contributed by atoms with Crippen LogP contribution in [0.15, 0.2) is 30.5 Å². The lowest BCUT2D eigenvalue weighted by molar-refractivity contribution is 0.231. The van der Waals surface area contributed by atoms with Gasteiger partial charge < -0.3 is 14.8 Å². The first-order chi connectivity index (χ1) is 9.25. The maximum atomic E-state index is 3.42. The molecule has 19 heavy (non-hydrogen) atoms. The number of piperazine rings is 1. The number of nitrogens with one attached hydrogen (secondary N) is 1. The summed E-state index contributed by atoms with van der Waals surface area (Å²) in [5.74, 6) is 0.587. The Morgan fingerprint density at radius 2 is 1.95 bits per heavy atom. The van der Waals surface area contributed by atoms with Crippen LogP contribution in [0.1, 0.15) is 18.4 Å². The van der Waals surface area contributed by atoms with Gasteiger partial charge in [0.2, 0.25) is 0 Å². The first-order valence-corrected chi connectivity index (χ1v) is 7.23. The number of rotatable bonds is 3. The zero-order valence-corrected chi connectivity index (χ0v) is 11.9. The van der Waals surface area contributed by atoms with Crippen LogP contribution in [-0.2, 0) is 7.05 Å². The monoisotopic (exact) mass is 257 g/mol. The second kappa shape index (κ2) is 5.35. The molecule has 1 atom stereocenters. The van der Waals surface area contributed by atoms with Gasteiger partial charge in [0, 0.05) is 56.9 Å². The summed E-state index contributed by atoms with van der Waals surface area (Å²) in [6.07, 6.45) is 2.30. The molecular formula is C16H23N3. The summed E-state index contributed by atoms with van der Waals surface area (Å²) in [6.45, 7) is 8.12. The lowest BCUT2D eigenvalue weighted by Crippen LogP contribution is -2.44. The van der Waals surface area contributed by atoms with Crippen molar-refractivity contribution in [3.8, 4) is 0 Å². The Hall–Kier alpha value is -1.32. The second-order valence-corrected chi connectivity index (χ2v) is 5.66. The summed E-state index contributed by atoms with van der Waals surface area (Å²) in [6, 6.07) is 8.71. The fourth-order valence-corrected chi connectivity index (χ4v) is 3.15. The fourth-order valence-electron chi connectivity index (χ4n) is 3.15. The maximum absolute atomic E-state index is 3.42. The van der Waals surface area contributed by atoms with Crippen molar-refractivity contribution in [2.75, 3.05) is 32.7 Å². The van der Waals surface area contributed by atoms with E-state index in [1.165, 1.54) is 29.6 Å². The predicted octanol–water partition coefficient (Wildman–Crippen LogP) is 2.19. The van der Waals surface area contributed by atoms with Gasteiger partial charge in [0.15, 0.2) is 0 Å². The van der Waals surface area contributed by atoms with Crippen molar-refractivity contribution in [3.63, 3.8) is 0 Å². The molecule has 1 aromatic heterocycles. The lowest BCUT2D eigenvalue weighted by Gasteiger charge is -2.29. The van der Waals surface area contributed by atoms with E-state index in [9.17, 15) is 0 Å². The summed E-state index contributed by atoms with van der Waals surface area (Å²) in [7, 11) is 2.14. The molecule has 0 amide bonds. The zero-order valence-electron chi connectivity index (χ0n) is 11.9. The van der Waals surface area contributed by atoms with Crippen LogP contribution in [0.4, 0.5) is 0 Å². The minimum atomic E-state index is 0.587. The number of aryl methyl sites for hydroxylation is 1. The number of aromatic nitrogens is 1. The van der Waals surface area contributed by atoms with Gasteiger partial charge >= 0.3 is 0 Å². The van der Waals surface area contributed by atoms with Crippen LogP contribution in [0.5, 0.6) is 0 Å². The molecule has 1 aliphatic rings. The number of para-hydroxylation sites is 1. The highest BCUT2D eigenvalue weighted by atomic mass is 15.2. The van der Waals surface area contributed by atoms with Gasteiger partial charge in [-0.2, -0.15) is 0 Å². The third-order valence-corrected chi connectivity index (χ3v) is 4.20. The van der Waals surface area contributed by atoms with Crippen molar-refractivity contribution in [2.45, 2.75) is 12.8 Å². The highest BCUT2D eigenvalue weighted by Gasteiger charge is 2.17. The van der Waals surface area contributed by atoms with Gasteiger partial charge in [-0.15, -0.1) is 0 Å². The average molecular weight is 257 g/mol. The molecule has 0 bridgehead atoms. The molecule has 2 aromatic rings. The lowest BCUT2D eigenvalue weighted by atomic mass is 9.99. The number of nitrogens with zero attached hydrogens (tertiary/aromatic N) is 2. The van der Waals surface area contributed by atoms with E-state index in [1.54, 1.807) is 0 Å². The highest BCUT2D eigenvalue weighted by Crippen LogP contribution is 2.27. The van der Waals surface area contributed by atoms with E-state index in [1.807, 2.05) is 0 Å². The zero-order chi connectivity index (χ0) is 13.2. The van der Waals surface area contributed by atoms with Gasteiger partial charge in [-0.05, 0) is 17.5 Å². The number of fused-ring (bicyclic) bond motifs is 1. The Morgan fingerprint density at radius 3 is 2.74 bits per heavy atom. The molecule has 1 aromatic carbocycles. The van der Waals surface area contributed by atoms with Crippen molar-refractivity contribution in [1.82, 2.24) is 14.8 Å². The van der Waals surface area contributed by atoms with Crippen LogP contribution in [0, 0.1) is 0 Å². The van der Waals surface area contributed by atoms with Crippen molar-refractivity contribution in [3.05, 3.63) is 36.0 Å². The molecule has 102 valence electrons. The Kier molecular flexibility index (Phi) is 3.58. The fraction of sp³-hybridized carbons (Fsp3) is 0.500. The van der Waals surface area contributed by atoms with Crippen molar-refractivity contribution in [1.29, 1.82) is 0 Å². The molecule has 0 aliphatic carbocycles. The van der Waals surface area contributed by atoms with Gasteiger partial charge in [-0.25, -0.2) is 0 Å². The molecule has 1 saturated heterocycles. The molecule has 0 spiro atoms. The average Bonchev–Trinajstić information content (AvgIpc) is 2.78. The molecule has 0 saturated carbocycles. The quantitative estimate of drug-likeness (QED) is 0.909. The molecule has 3 heteroatoms. The smallest absolute Gasteiger partial charge is 0.0480 e. The highest BCUT2D eigenvalue weighted by molar-refractivity contribution is 5.84. The SMILES string of the molecule is CC(CN1CCNCC1)c1cn(C)c2ccccc12. The van der Waals surface area contributed by atoms with E-state index in [-0.39, 0.29) is 0 Å². The standard InChI is InChI=1S/C16H23N3/c1-13(11-19-9-7-17-8-10-19)15-12-18(2)16-6-4-3-5-14(15)16/h3-6,12-13,17H,7-11H2,1-2H3. The van der Waals surface area contributed by atoms with Crippen LogP contribution in [-0.4, -0.2) is 42.2 Å². The first-order valence-electron chi connectivity index (χ1n) is 7.23. The van der Waals surface area contributed by atoms with Crippen LogP contribution in [0.25, 0.3) is 10.9 Å². The third-order valence-electron chi connectivity index (χ3n) is 4.20. The summed E-state index contributed by atoms with van der Waals surface area (Å²) in [5, 5.41) is 4.83. The Bertz CT molecular complexity index is 552. The van der Waals surface area contributed by atoms with Crippen molar-refractivity contribution < 1.29 is 0 Å². The van der Waals surface area contributed by atoms with E-state index in [0.717, 1.165) is 19.6 Å². The van der Waals surface area contributed by atoms with E-state index in [4.69, 9.17) is 0 Å². The topological polar surface area (TPSA) is 20.2 Å². The maximum Gasteiger partial charge on any atom is 0.0480 e. The van der Waals surface area contributed by atoms with Crippen LogP contribution in [0.3, 0.4) is 0 Å². The van der Waals surface area contributed by atoms with Gasteiger partial charge in [0.1, 0.15) is 0 Å². The minimum Gasteiger partial charge on any atom is -0.350 e. The molecule has 0 radical (unpaired) electrons. The molecule has 3 rings (SSSR count). The molecular weight excluding hydrogens is 234 g/mol. The number of hydrogen-bond acceptors (Lipinski definition) is 2. The van der Waals surface area contributed by atoms with Gasteiger partial charge in [0.05, 0.1) is 0 Å². The van der Waals surface area contributed by atoms with Gasteiger partial charge in [-0.1, -0.05) is 25.1 Å². The van der Waals surface area contributed by atoms with E-state index >= 15 is 0 Å². The predicted molar refractivity (Wildman–Crippen MR) is 80.6 cm³/mol. The van der Waals surface area contributed by atoms with Crippen LogP contribution >= 0.6 is 0 Å². The summed E-state index contributed by atoms with van der Waals surface area (Å²) in [4.78, 5) is 2.57. The molecule has 1 N–H and O–H groups in total. The Morgan fingerprint density at radius 1 is 1.21 bits per heavy atom. The Balaban J connectivity index is 1.82. The molecule has 3 nitrogen and oxygen atoms in total. The largest absolute Gasteiger partial charge is 0.350 e. The molecule has 1 unspecified atom stereocenters. The summed E-state index contributed by atoms with van der Waals surface area (Å²) >= 11 is 0. The van der Waals surface area contributed by atoms with Crippen LogP contribution in [0.2, 0.25) is 0 Å². The molecule has 2 heterocycles. The summed E-state index contributed by atoms with van der Waals surface area (Å²) in [5.41, 5.74) is 2.82. The van der Waals surface area contributed by atoms with E-state index in [2.05, 4.69) is 59.2 Å². The van der Waals surface area contributed by atoms with Crippen molar-refractivity contribution in [2.24, 2.45) is 7.05 Å².